The van der Waals surface area contributed by atoms with Crippen molar-refractivity contribution >= 4 is 46.6 Å². The molecule has 0 aliphatic rings. The van der Waals surface area contributed by atoms with Crippen molar-refractivity contribution in [1.29, 1.82) is 0 Å². The van der Waals surface area contributed by atoms with Crippen LogP contribution in [0.25, 0.3) is 0 Å². The number of benzene rings is 2. The molecule has 0 aliphatic heterocycles. The molecule has 0 spiro atoms. The van der Waals surface area contributed by atoms with Gasteiger partial charge in [-0.05, 0) is 63.6 Å². The van der Waals surface area contributed by atoms with E-state index in [2.05, 4.69) is 5.32 Å². The maximum absolute atomic E-state index is 13.0. The summed E-state index contributed by atoms with van der Waals surface area (Å²) in [6.45, 7) is 7.29. The molecule has 0 saturated heterocycles. The van der Waals surface area contributed by atoms with Gasteiger partial charge >= 0.3 is 0 Å². The zero-order valence-corrected chi connectivity index (χ0v) is 19.6. The third-order valence-electron chi connectivity index (χ3n) is 4.18. The molecule has 0 saturated carbocycles. The first kappa shape index (κ1) is 24.3. The standard InChI is InChI=1S/C22H25Cl3N2O3/c1-14(21(29)26-22(2,3)4)27(12-15-5-7-16(23)8-6-15)20(28)13-30-19-10-9-17(24)11-18(19)25/h5-11,14H,12-13H2,1-4H3,(H,26,29)/t14-/m0/s1. The van der Waals surface area contributed by atoms with E-state index in [4.69, 9.17) is 39.5 Å². The zero-order chi connectivity index (χ0) is 22.5. The van der Waals surface area contributed by atoms with Gasteiger partial charge in [0.1, 0.15) is 11.8 Å². The van der Waals surface area contributed by atoms with Crippen molar-refractivity contribution in [3.8, 4) is 5.75 Å². The Labute approximate surface area is 192 Å². The van der Waals surface area contributed by atoms with E-state index in [-0.39, 0.29) is 25.0 Å². The predicted molar refractivity (Wildman–Crippen MR) is 121 cm³/mol. The molecule has 2 rings (SSSR count). The molecule has 2 aromatic rings. The first-order valence-corrected chi connectivity index (χ1v) is 10.5. The normalized spacial score (nSPS) is 12.2. The molecular weight excluding hydrogens is 447 g/mol. The second-order valence-electron chi connectivity index (χ2n) is 7.93. The first-order chi connectivity index (χ1) is 14.0. The van der Waals surface area contributed by atoms with E-state index in [1.54, 1.807) is 31.2 Å². The fraction of sp³-hybridized carbons (Fsp3) is 0.364. The molecule has 0 aromatic heterocycles. The average molecular weight is 472 g/mol. The molecule has 2 aromatic carbocycles. The van der Waals surface area contributed by atoms with Crippen LogP contribution in [-0.4, -0.2) is 34.9 Å². The predicted octanol–water partition coefficient (Wildman–Crippen LogP) is 5.36. The van der Waals surface area contributed by atoms with Crippen LogP contribution in [0.2, 0.25) is 15.1 Å². The molecule has 5 nitrogen and oxygen atoms in total. The Hall–Kier alpha value is -1.95. The lowest BCUT2D eigenvalue weighted by atomic mass is 10.1. The van der Waals surface area contributed by atoms with Crippen molar-refractivity contribution < 1.29 is 14.3 Å². The minimum Gasteiger partial charge on any atom is -0.482 e. The van der Waals surface area contributed by atoms with Gasteiger partial charge in [0.2, 0.25) is 5.91 Å². The Balaban J connectivity index is 2.18. The van der Waals surface area contributed by atoms with Crippen molar-refractivity contribution in [3.63, 3.8) is 0 Å². The van der Waals surface area contributed by atoms with Crippen LogP contribution < -0.4 is 10.1 Å². The quantitative estimate of drug-likeness (QED) is 0.591. The van der Waals surface area contributed by atoms with Crippen LogP contribution in [-0.2, 0) is 16.1 Å². The second kappa shape index (κ2) is 10.4. The van der Waals surface area contributed by atoms with Crippen LogP contribution >= 0.6 is 34.8 Å². The number of hydrogen-bond donors (Lipinski definition) is 1. The highest BCUT2D eigenvalue weighted by Crippen LogP contribution is 2.27. The van der Waals surface area contributed by atoms with E-state index >= 15 is 0 Å². The monoisotopic (exact) mass is 470 g/mol. The Bertz CT molecular complexity index is 895. The van der Waals surface area contributed by atoms with E-state index in [9.17, 15) is 9.59 Å². The van der Waals surface area contributed by atoms with Gasteiger partial charge in [-0.1, -0.05) is 46.9 Å². The lowest BCUT2D eigenvalue weighted by Gasteiger charge is -2.31. The van der Waals surface area contributed by atoms with Gasteiger partial charge in [-0.15, -0.1) is 0 Å². The Morgan fingerprint density at radius 2 is 1.63 bits per heavy atom. The molecule has 1 atom stereocenters. The van der Waals surface area contributed by atoms with Gasteiger partial charge in [0.25, 0.3) is 5.91 Å². The van der Waals surface area contributed by atoms with Crippen molar-refractivity contribution in [2.75, 3.05) is 6.61 Å². The van der Waals surface area contributed by atoms with Crippen LogP contribution in [0.1, 0.15) is 33.3 Å². The number of carbonyl (C=O) groups is 2. The maximum atomic E-state index is 13.0. The molecule has 0 fully saturated rings. The topological polar surface area (TPSA) is 58.6 Å². The lowest BCUT2D eigenvalue weighted by Crippen LogP contribution is -2.53. The van der Waals surface area contributed by atoms with E-state index in [0.717, 1.165) is 5.56 Å². The maximum Gasteiger partial charge on any atom is 0.261 e. The summed E-state index contributed by atoms with van der Waals surface area (Å²) in [5.41, 5.74) is 0.417. The van der Waals surface area contributed by atoms with Crippen molar-refractivity contribution in [3.05, 3.63) is 63.1 Å². The number of ether oxygens (including phenoxy) is 1. The molecule has 2 amide bonds. The fourth-order valence-corrected chi connectivity index (χ4v) is 3.25. The van der Waals surface area contributed by atoms with Gasteiger partial charge in [0.15, 0.2) is 6.61 Å². The SMILES string of the molecule is C[C@@H](C(=O)NC(C)(C)C)N(Cc1ccc(Cl)cc1)C(=O)COc1ccc(Cl)cc1Cl. The van der Waals surface area contributed by atoms with E-state index in [1.807, 2.05) is 32.9 Å². The van der Waals surface area contributed by atoms with Crippen molar-refractivity contribution in [1.82, 2.24) is 10.2 Å². The molecule has 0 bridgehead atoms. The van der Waals surface area contributed by atoms with Gasteiger partial charge in [-0.3, -0.25) is 9.59 Å². The molecule has 162 valence electrons. The molecule has 0 aliphatic carbocycles. The van der Waals surface area contributed by atoms with Crippen molar-refractivity contribution in [2.24, 2.45) is 0 Å². The molecular formula is C22H25Cl3N2O3. The van der Waals surface area contributed by atoms with Gasteiger partial charge in [-0.2, -0.15) is 0 Å². The van der Waals surface area contributed by atoms with Crippen molar-refractivity contribution in [2.45, 2.75) is 45.8 Å². The van der Waals surface area contributed by atoms with Gasteiger partial charge in [0, 0.05) is 22.1 Å². The highest BCUT2D eigenvalue weighted by Gasteiger charge is 2.28. The number of rotatable bonds is 7. The number of amides is 2. The average Bonchev–Trinajstić information content (AvgIpc) is 2.64. The third-order valence-corrected chi connectivity index (χ3v) is 4.96. The Morgan fingerprint density at radius 1 is 1.03 bits per heavy atom. The summed E-state index contributed by atoms with van der Waals surface area (Å²) in [6.07, 6.45) is 0. The van der Waals surface area contributed by atoms with Gasteiger partial charge in [-0.25, -0.2) is 0 Å². The summed E-state index contributed by atoms with van der Waals surface area (Å²) in [6, 6.07) is 11.1. The second-order valence-corrected chi connectivity index (χ2v) is 9.21. The summed E-state index contributed by atoms with van der Waals surface area (Å²) in [4.78, 5) is 27.2. The summed E-state index contributed by atoms with van der Waals surface area (Å²) in [7, 11) is 0. The number of nitrogens with one attached hydrogen (secondary N) is 1. The number of nitrogens with zero attached hydrogens (tertiary/aromatic N) is 1. The summed E-state index contributed by atoms with van der Waals surface area (Å²) >= 11 is 18.0. The zero-order valence-electron chi connectivity index (χ0n) is 17.3. The third kappa shape index (κ3) is 7.38. The molecule has 30 heavy (non-hydrogen) atoms. The Kier molecular flexibility index (Phi) is 8.42. The lowest BCUT2D eigenvalue weighted by molar-refractivity contribution is -0.142. The van der Waals surface area contributed by atoms with Crippen LogP contribution in [0.4, 0.5) is 0 Å². The molecule has 0 heterocycles. The first-order valence-electron chi connectivity index (χ1n) is 9.40. The van der Waals surface area contributed by atoms with Gasteiger partial charge < -0.3 is 15.0 Å². The largest absolute Gasteiger partial charge is 0.482 e. The van der Waals surface area contributed by atoms with Crippen LogP contribution in [0, 0.1) is 0 Å². The highest BCUT2D eigenvalue weighted by molar-refractivity contribution is 6.35. The summed E-state index contributed by atoms with van der Waals surface area (Å²) in [5, 5.41) is 4.27. The summed E-state index contributed by atoms with van der Waals surface area (Å²) < 4.78 is 5.59. The highest BCUT2D eigenvalue weighted by atomic mass is 35.5. The molecule has 0 radical (unpaired) electrons. The van der Waals surface area contributed by atoms with Crippen LogP contribution in [0.3, 0.4) is 0 Å². The number of carbonyl (C=O) groups excluding carboxylic acids is 2. The fourth-order valence-electron chi connectivity index (χ4n) is 2.66. The van der Waals surface area contributed by atoms with E-state index in [0.29, 0.717) is 20.8 Å². The Morgan fingerprint density at radius 3 is 2.20 bits per heavy atom. The van der Waals surface area contributed by atoms with E-state index < -0.39 is 11.6 Å². The molecule has 0 unspecified atom stereocenters. The summed E-state index contributed by atoms with van der Waals surface area (Å²) in [5.74, 6) is -0.269. The minimum atomic E-state index is -0.711. The van der Waals surface area contributed by atoms with Gasteiger partial charge in [0.05, 0.1) is 5.02 Å². The number of hydrogen-bond acceptors (Lipinski definition) is 3. The van der Waals surface area contributed by atoms with Crippen LogP contribution in [0.15, 0.2) is 42.5 Å². The van der Waals surface area contributed by atoms with E-state index in [1.165, 1.54) is 11.0 Å². The molecule has 8 heteroatoms. The number of halogens is 3. The minimum absolute atomic E-state index is 0.229. The molecule has 1 N–H and O–H groups in total. The van der Waals surface area contributed by atoms with Crippen LogP contribution in [0.5, 0.6) is 5.75 Å². The smallest absolute Gasteiger partial charge is 0.261 e.